The van der Waals surface area contributed by atoms with Gasteiger partial charge in [0.2, 0.25) is 0 Å². The Morgan fingerprint density at radius 3 is 2.96 bits per heavy atom. The number of aliphatic hydroxyl groups is 1. The molecule has 1 aliphatic heterocycles. The first-order chi connectivity index (χ1) is 11.4. The fourth-order valence-corrected chi connectivity index (χ4v) is 3.10. The summed E-state index contributed by atoms with van der Waals surface area (Å²) in [7, 11) is 3.34. The number of halogens is 1. The van der Waals surface area contributed by atoms with Crippen molar-refractivity contribution in [1.82, 2.24) is 9.80 Å². The lowest BCUT2D eigenvalue weighted by Crippen LogP contribution is -2.57. The number of benzene rings is 1. The van der Waals surface area contributed by atoms with Gasteiger partial charge in [0.25, 0.3) is 5.91 Å². The van der Waals surface area contributed by atoms with Crippen molar-refractivity contribution in [2.24, 2.45) is 0 Å². The van der Waals surface area contributed by atoms with E-state index in [2.05, 4.69) is 6.58 Å². The van der Waals surface area contributed by atoms with Crippen molar-refractivity contribution in [2.75, 3.05) is 33.8 Å². The number of carbonyl (C=O) groups is 1. The Hall–Kier alpha value is -1.92. The molecular formula is C18H25FN2O3. The van der Waals surface area contributed by atoms with Gasteiger partial charge >= 0.3 is 0 Å². The Balaban J connectivity index is 2.14. The second-order valence-electron chi connectivity index (χ2n) is 6.30. The van der Waals surface area contributed by atoms with E-state index < -0.39 is 5.60 Å². The fraction of sp³-hybridized carbons (Fsp3) is 0.500. The predicted octanol–water partition coefficient (Wildman–Crippen LogP) is 1.81. The molecule has 0 aliphatic carbocycles. The molecule has 1 fully saturated rings. The van der Waals surface area contributed by atoms with Gasteiger partial charge in [-0.05, 0) is 38.1 Å². The van der Waals surface area contributed by atoms with E-state index in [1.807, 2.05) is 11.9 Å². The lowest BCUT2D eigenvalue weighted by molar-refractivity contribution is -0.159. The van der Waals surface area contributed by atoms with Crippen LogP contribution < -0.4 is 4.74 Å². The van der Waals surface area contributed by atoms with Gasteiger partial charge < -0.3 is 14.7 Å². The van der Waals surface area contributed by atoms with Gasteiger partial charge in [0.1, 0.15) is 11.6 Å². The van der Waals surface area contributed by atoms with Gasteiger partial charge in [-0.3, -0.25) is 9.69 Å². The zero-order valence-electron chi connectivity index (χ0n) is 14.3. The molecule has 0 bridgehead atoms. The molecule has 1 N–H and O–H groups in total. The lowest BCUT2D eigenvalue weighted by atomic mass is 9.90. The third-order valence-electron chi connectivity index (χ3n) is 4.29. The summed E-state index contributed by atoms with van der Waals surface area (Å²) in [4.78, 5) is 16.1. The predicted molar refractivity (Wildman–Crippen MR) is 90.2 cm³/mol. The summed E-state index contributed by atoms with van der Waals surface area (Å²) in [6, 6.07) is 4.45. The second kappa shape index (κ2) is 7.77. The van der Waals surface area contributed by atoms with Crippen molar-refractivity contribution < 1.29 is 19.0 Å². The van der Waals surface area contributed by atoms with Crippen LogP contribution in [0.1, 0.15) is 18.4 Å². The number of amides is 1. The Bertz CT molecular complexity index is 608. The van der Waals surface area contributed by atoms with Crippen molar-refractivity contribution in [1.29, 1.82) is 0 Å². The van der Waals surface area contributed by atoms with Crippen molar-refractivity contribution in [2.45, 2.75) is 25.0 Å². The molecular weight excluding hydrogens is 311 g/mol. The number of likely N-dealkylation sites (tertiary alicyclic amines) is 1. The molecule has 1 amide bonds. The van der Waals surface area contributed by atoms with E-state index in [-0.39, 0.29) is 24.8 Å². The van der Waals surface area contributed by atoms with E-state index in [1.165, 1.54) is 24.1 Å². The molecule has 6 heteroatoms. The highest BCUT2D eigenvalue weighted by Gasteiger charge is 2.42. The molecule has 24 heavy (non-hydrogen) atoms. The van der Waals surface area contributed by atoms with Crippen molar-refractivity contribution in [3.63, 3.8) is 0 Å². The first-order valence-electron chi connectivity index (χ1n) is 8.03. The topological polar surface area (TPSA) is 53.0 Å². The number of ether oxygens (including phenoxy) is 1. The molecule has 1 aromatic carbocycles. The van der Waals surface area contributed by atoms with E-state index in [9.17, 15) is 14.3 Å². The highest BCUT2D eigenvalue weighted by molar-refractivity contribution is 5.86. The Morgan fingerprint density at radius 1 is 1.54 bits per heavy atom. The molecule has 1 saturated heterocycles. The molecule has 1 aliphatic rings. The van der Waals surface area contributed by atoms with Crippen LogP contribution in [0.5, 0.6) is 5.75 Å². The van der Waals surface area contributed by atoms with Gasteiger partial charge in [-0.25, -0.2) is 4.39 Å². The highest BCUT2D eigenvalue weighted by atomic mass is 19.1. The summed E-state index contributed by atoms with van der Waals surface area (Å²) in [5.41, 5.74) is -1.06. The van der Waals surface area contributed by atoms with Crippen LogP contribution in [0.25, 0.3) is 0 Å². The summed E-state index contributed by atoms with van der Waals surface area (Å²) in [5.74, 6) is -0.204. The van der Waals surface area contributed by atoms with E-state index >= 15 is 0 Å². The molecule has 0 spiro atoms. The summed E-state index contributed by atoms with van der Waals surface area (Å²) in [6.45, 7) is 5.10. The van der Waals surface area contributed by atoms with Crippen molar-refractivity contribution in [3.05, 3.63) is 42.2 Å². The molecule has 0 saturated carbocycles. The van der Waals surface area contributed by atoms with Crippen LogP contribution in [-0.4, -0.2) is 60.2 Å². The van der Waals surface area contributed by atoms with Crippen LogP contribution in [0.3, 0.4) is 0 Å². The number of carbonyl (C=O) groups excluding carboxylic acids is 1. The van der Waals surface area contributed by atoms with Crippen LogP contribution in [0.4, 0.5) is 4.39 Å². The molecule has 2 rings (SSSR count). The number of hydrogen-bond acceptors (Lipinski definition) is 4. The lowest BCUT2D eigenvalue weighted by Gasteiger charge is -2.40. The maximum Gasteiger partial charge on any atom is 0.256 e. The van der Waals surface area contributed by atoms with E-state index in [0.29, 0.717) is 37.2 Å². The maximum absolute atomic E-state index is 14.0. The smallest absolute Gasteiger partial charge is 0.256 e. The molecule has 1 atom stereocenters. The van der Waals surface area contributed by atoms with E-state index in [1.54, 1.807) is 12.1 Å². The van der Waals surface area contributed by atoms with Crippen LogP contribution in [-0.2, 0) is 11.3 Å². The summed E-state index contributed by atoms with van der Waals surface area (Å²) in [5, 5.41) is 10.8. The van der Waals surface area contributed by atoms with Gasteiger partial charge in [0.15, 0.2) is 5.60 Å². The average Bonchev–Trinajstić information content (AvgIpc) is 2.54. The van der Waals surface area contributed by atoms with E-state index in [0.717, 1.165) is 0 Å². The number of methoxy groups -OCH3 is 1. The number of piperidine rings is 1. The Labute approximate surface area is 142 Å². The maximum atomic E-state index is 14.0. The van der Waals surface area contributed by atoms with Gasteiger partial charge in [-0.15, -0.1) is 6.58 Å². The standard InChI is InChI=1S/C18H25FN2O3/c1-4-9-20(2)13-18(23)8-5-10-21(17(18)22)12-14-11-15(24-3)6-7-16(14)19/h4,6-7,11,23H,1,5,8-10,12-13H2,2-3H3/t18-/m1/s1. The van der Waals surface area contributed by atoms with Crippen molar-refractivity contribution >= 4 is 5.91 Å². The minimum atomic E-state index is -1.44. The molecule has 5 nitrogen and oxygen atoms in total. The Morgan fingerprint density at radius 2 is 2.29 bits per heavy atom. The summed E-state index contributed by atoms with van der Waals surface area (Å²) >= 11 is 0. The number of rotatable bonds is 7. The molecule has 1 heterocycles. The molecule has 0 aromatic heterocycles. The van der Waals surface area contributed by atoms with Crippen LogP contribution in [0.2, 0.25) is 0 Å². The zero-order chi connectivity index (χ0) is 17.7. The zero-order valence-corrected chi connectivity index (χ0v) is 14.3. The number of hydrogen-bond donors (Lipinski definition) is 1. The van der Waals surface area contributed by atoms with E-state index in [4.69, 9.17) is 4.74 Å². The quantitative estimate of drug-likeness (QED) is 0.772. The second-order valence-corrected chi connectivity index (χ2v) is 6.30. The van der Waals surface area contributed by atoms with Gasteiger partial charge in [0, 0.05) is 31.7 Å². The first-order valence-corrected chi connectivity index (χ1v) is 8.03. The third-order valence-corrected chi connectivity index (χ3v) is 4.29. The molecule has 0 unspecified atom stereocenters. The minimum Gasteiger partial charge on any atom is -0.497 e. The molecule has 132 valence electrons. The van der Waals surface area contributed by atoms with Gasteiger partial charge in [-0.1, -0.05) is 6.08 Å². The average molecular weight is 336 g/mol. The van der Waals surface area contributed by atoms with Crippen LogP contribution in [0, 0.1) is 5.82 Å². The fourth-order valence-electron chi connectivity index (χ4n) is 3.10. The third kappa shape index (κ3) is 4.13. The highest BCUT2D eigenvalue weighted by Crippen LogP contribution is 2.26. The Kier molecular flexibility index (Phi) is 5.96. The molecule has 1 aromatic rings. The van der Waals surface area contributed by atoms with Crippen LogP contribution >= 0.6 is 0 Å². The monoisotopic (exact) mass is 336 g/mol. The summed E-state index contributed by atoms with van der Waals surface area (Å²) in [6.07, 6.45) is 2.81. The SMILES string of the molecule is C=CCN(C)C[C@]1(O)CCCN(Cc2cc(OC)ccc2F)C1=O. The summed E-state index contributed by atoms with van der Waals surface area (Å²) < 4.78 is 19.1. The normalized spacial score (nSPS) is 21.2. The first kappa shape index (κ1) is 18.4. The van der Waals surface area contributed by atoms with Gasteiger partial charge in [-0.2, -0.15) is 0 Å². The van der Waals surface area contributed by atoms with Crippen LogP contribution in [0.15, 0.2) is 30.9 Å². The molecule has 0 radical (unpaired) electrons. The minimum absolute atomic E-state index is 0.120. The largest absolute Gasteiger partial charge is 0.497 e. The van der Waals surface area contributed by atoms with Crippen molar-refractivity contribution in [3.8, 4) is 5.75 Å². The number of nitrogens with zero attached hydrogens (tertiary/aromatic N) is 2. The van der Waals surface area contributed by atoms with Gasteiger partial charge in [0.05, 0.1) is 7.11 Å². The number of likely N-dealkylation sites (N-methyl/N-ethyl adjacent to an activating group) is 1.